The van der Waals surface area contributed by atoms with Gasteiger partial charge in [0.05, 0.1) is 11.4 Å². The van der Waals surface area contributed by atoms with Crippen LogP contribution in [0.4, 0.5) is 11.4 Å². The third kappa shape index (κ3) is 1.64. The molecule has 0 aromatic heterocycles. The van der Waals surface area contributed by atoms with Crippen LogP contribution in [-0.4, -0.2) is 12.5 Å². The zero-order valence-corrected chi connectivity index (χ0v) is 9.97. The van der Waals surface area contributed by atoms with Crippen molar-refractivity contribution in [1.82, 2.24) is 0 Å². The lowest BCUT2D eigenvalue weighted by Gasteiger charge is -2.18. The highest BCUT2D eigenvalue weighted by Crippen LogP contribution is 2.34. The van der Waals surface area contributed by atoms with Gasteiger partial charge in [-0.05, 0) is 30.2 Å². The highest BCUT2D eigenvalue weighted by molar-refractivity contribution is 6.08. The van der Waals surface area contributed by atoms with Gasteiger partial charge in [0.1, 0.15) is 0 Å². The molecule has 2 aromatic rings. The van der Waals surface area contributed by atoms with Crippen LogP contribution in [0.25, 0.3) is 0 Å². The van der Waals surface area contributed by atoms with Gasteiger partial charge in [-0.3, -0.25) is 4.79 Å². The first-order chi connectivity index (χ1) is 8.77. The van der Waals surface area contributed by atoms with Crippen LogP contribution in [0.15, 0.2) is 48.5 Å². The monoisotopic (exact) mass is 238 g/mol. The van der Waals surface area contributed by atoms with E-state index in [4.69, 9.17) is 5.73 Å². The molecule has 0 spiro atoms. The molecular weight excluding hydrogens is 224 g/mol. The van der Waals surface area contributed by atoms with Gasteiger partial charge in [0.25, 0.3) is 5.91 Å². The summed E-state index contributed by atoms with van der Waals surface area (Å²) < 4.78 is 0. The topological polar surface area (TPSA) is 46.3 Å². The van der Waals surface area contributed by atoms with E-state index in [0.717, 1.165) is 17.7 Å². The van der Waals surface area contributed by atoms with Crippen molar-refractivity contribution in [2.75, 3.05) is 17.2 Å². The van der Waals surface area contributed by atoms with Gasteiger partial charge in [0, 0.05) is 12.1 Å². The van der Waals surface area contributed by atoms with Crippen LogP contribution in [-0.2, 0) is 6.42 Å². The van der Waals surface area contributed by atoms with Crippen LogP contribution in [0.2, 0.25) is 0 Å². The Hall–Kier alpha value is -2.29. The average molecular weight is 238 g/mol. The standard InChI is InChI=1S/C15H14N2O/c16-13-8-4-7-11-9-10-17(14(11)13)15(18)12-5-2-1-3-6-12/h1-8H,9-10,16H2. The molecule has 0 radical (unpaired) electrons. The molecule has 1 aliphatic rings. The number of rotatable bonds is 1. The molecule has 1 amide bonds. The SMILES string of the molecule is Nc1cccc2c1N(C(=O)c1ccccc1)CC2. The first-order valence-electron chi connectivity index (χ1n) is 6.01. The molecule has 0 saturated carbocycles. The lowest BCUT2D eigenvalue weighted by Crippen LogP contribution is -2.29. The van der Waals surface area contributed by atoms with Crippen molar-refractivity contribution in [2.24, 2.45) is 0 Å². The zero-order valence-electron chi connectivity index (χ0n) is 9.97. The lowest BCUT2D eigenvalue weighted by atomic mass is 10.1. The van der Waals surface area contributed by atoms with E-state index in [0.29, 0.717) is 17.8 Å². The Morgan fingerprint density at radius 1 is 1.06 bits per heavy atom. The fourth-order valence-corrected chi connectivity index (χ4v) is 2.43. The summed E-state index contributed by atoms with van der Waals surface area (Å²) in [6.07, 6.45) is 0.874. The molecule has 3 heteroatoms. The minimum absolute atomic E-state index is 0.0206. The Morgan fingerprint density at radius 2 is 1.83 bits per heavy atom. The van der Waals surface area contributed by atoms with E-state index < -0.39 is 0 Å². The van der Waals surface area contributed by atoms with Crippen LogP contribution in [0.3, 0.4) is 0 Å². The summed E-state index contributed by atoms with van der Waals surface area (Å²) in [5.74, 6) is 0.0206. The van der Waals surface area contributed by atoms with E-state index in [2.05, 4.69) is 0 Å². The number of anilines is 2. The number of hydrogen-bond donors (Lipinski definition) is 1. The van der Waals surface area contributed by atoms with Gasteiger partial charge in [0.2, 0.25) is 0 Å². The molecule has 3 rings (SSSR count). The second-order valence-corrected chi connectivity index (χ2v) is 4.43. The minimum Gasteiger partial charge on any atom is -0.397 e. The average Bonchev–Trinajstić information content (AvgIpc) is 2.84. The molecule has 0 unspecified atom stereocenters. The molecule has 0 fully saturated rings. The Kier molecular flexibility index (Phi) is 2.52. The number of carbonyl (C=O) groups is 1. The molecule has 0 bridgehead atoms. The Bertz CT molecular complexity index is 593. The Labute approximate surface area is 106 Å². The number of amides is 1. The van der Waals surface area contributed by atoms with Crippen LogP contribution >= 0.6 is 0 Å². The summed E-state index contributed by atoms with van der Waals surface area (Å²) in [6, 6.07) is 15.1. The summed E-state index contributed by atoms with van der Waals surface area (Å²) in [7, 11) is 0. The molecule has 1 aliphatic heterocycles. The molecule has 0 aliphatic carbocycles. The summed E-state index contributed by atoms with van der Waals surface area (Å²) in [5, 5.41) is 0. The minimum atomic E-state index is 0.0206. The largest absolute Gasteiger partial charge is 0.397 e. The van der Waals surface area contributed by atoms with Crippen LogP contribution in [0.1, 0.15) is 15.9 Å². The van der Waals surface area contributed by atoms with Crippen molar-refractivity contribution in [1.29, 1.82) is 0 Å². The summed E-state index contributed by atoms with van der Waals surface area (Å²) in [5.41, 5.74) is 9.39. The Morgan fingerprint density at radius 3 is 2.61 bits per heavy atom. The van der Waals surface area contributed by atoms with E-state index in [1.165, 1.54) is 0 Å². The molecule has 1 heterocycles. The van der Waals surface area contributed by atoms with E-state index in [1.54, 1.807) is 4.90 Å². The van der Waals surface area contributed by atoms with Gasteiger partial charge in [-0.25, -0.2) is 0 Å². The molecule has 18 heavy (non-hydrogen) atoms. The number of hydrogen-bond acceptors (Lipinski definition) is 2. The van der Waals surface area contributed by atoms with Crippen molar-refractivity contribution in [2.45, 2.75) is 6.42 Å². The lowest BCUT2D eigenvalue weighted by molar-refractivity contribution is 0.0989. The number of nitrogens with two attached hydrogens (primary N) is 1. The van der Waals surface area contributed by atoms with Crippen LogP contribution < -0.4 is 10.6 Å². The highest BCUT2D eigenvalue weighted by Gasteiger charge is 2.26. The predicted molar refractivity (Wildman–Crippen MR) is 72.7 cm³/mol. The molecule has 90 valence electrons. The third-order valence-corrected chi connectivity index (χ3v) is 3.29. The van der Waals surface area contributed by atoms with Crippen molar-refractivity contribution in [3.63, 3.8) is 0 Å². The van der Waals surface area contributed by atoms with Gasteiger partial charge in [0.15, 0.2) is 0 Å². The molecule has 2 N–H and O–H groups in total. The number of fused-ring (bicyclic) bond motifs is 1. The first kappa shape index (κ1) is 10.8. The summed E-state index contributed by atoms with van der Waals surface area (Å²) in [6.45, 7) is 0.706. The van der Waals surface area contributed by atoms with E-state index in [9.17, 15) is 4.79 Å². The zero-order chi connectivity index (χ0) is 12.5. The normalized spacial score (nSPS) is 13.4. The van der Waals surface area contributed by atoms with Crippen molar-refractivity contribution in [3.05, 3.63) is 59.7 Å². The van der Waals surface area contributed by atoms with E-state index in [-0.39, 0.29) is 5.91 Å². The van der Waals surface area contributed by atoms with Gasteiger partial charge in [-0.15, -0.1) is 0 Å². The maximum Gasteiger partial charge on any atom is 0.258 e. The van der Waals surface area contributed by atoms with Crippen LogP contribution in [0.5, 0.6) is 0 Å². The summed E-state index contributed by atoms with van der Waals surface area (Å²) in [4.78, 5) is 14.2. The van der Waals surface area contributed by atoms with Gasteiger partial charge < -0.3 is 10.6 Å². The number of nitrogen functional groups attached to an aromatic ring is 1. The van der Waals surface area contributed by atoms with Crippen molar-refractivity contribution < 1.29 is 4.79 Å². The first-order valence-corrected chi connectivity index (χ1v) is 6.01. The molecule has 0 atom stereocenters. The predicted octanol–water partition coefficient (Wildman–Crippen LogP) is 2.47. The van der Waals surface area contributed by atoms with E-state index in [1.807, 2.05) is 48.5 Å². The maximum absolute atomic E-state index is 12.4. The van der Waals surface area contributed by atoms with Gasteiger partial charge >= 0.3 is 0 Å². The molecule has 0 saturated heterocycles. The summed E-state index contributed by atoms with van der Waals surface area (Å²) >= 11 is 0. The smallest absolute Gasteiger partial charge is 0.258 e. The van der Waals surface area contributed by atoms with Crippen LogP contribution in [0, 0.1) is 0 Å². The maximum atomic E-state index is 12.4. The molecule has 2 aromatic carbocycles. The molecular formula is C15H14N2O. The quantitative estimate of drug-likeness (QED) is 0.776. The number of para-hydroxylation sites is 1. The molecule has 3 nitrogen and oxygen atoms in total. The third-order valence-electron chi connectivity index (χ3n) is 3.29. The number of nitrogens with zero attached hydrogens (tertiary/aromatic N) is 1. The second kappa shape index (κ2) is 4.18. The van der Waals surface area contributed by atoms with Gasteiger partial charge in [-0.2, -0.15) is 0 Å². The fourth-order valence-electron chi connectivity index (χ4n) is 2.43. The van der Waals surface area contributed by atoms with Crippen molar-refractivity contribution in [3.8, 4) is 0 Å². The number of carbonyl (C=O) groups excluding carboxylic acids is 1. The fraction of sp³-hybridized carbons (Fsp3) is 0.133. The number of benzene rings is 2. The van der Waals surface area contributed by atoms with Gasteiger partial charge in [-0.1, -0.05) is 30.3 Å². The Balaban J connectivity index is 2.00. The highest BCUT2D eigenvalue weighted by atomic mass is 16.2. The van der Waals surface area contributed by atoms with Crippen molar-refractivity contribution >= 4 is 17.3 Å². The van der Waals surface area contributed by atoms with E-state index >= 15 is 0 Å². The second-order valence-electron chi connectivity index (χ2n) is 4.43.